The number of carbonyl (C=O) groups excluding carboxylic acids is 2. The summed E-state index contributed by atoms with van der Waals surface area (Å²) in [5.41, 5.74) is 1.26. The highest BCUT2D eigenvalue weighted by Gasteiger charge is 2.27. The zero-order valence-corrected chi connectivity index (χ0v) is 16.5. The number of rotatable bonds is 6. The first-order valence-electron chi connectivity index (χ1n) is 10.4. The van der Waals surface area contributed by atoms with Gasteiger partial charge in [-0.3, -0.25) is 14.4 Å². The molecular weight excluding hydrogens is 356 g/mol. The van der Waals surface area contributed by atoms with Crippen molar-refractivity contribution in [3.8, 4) is 0 Å². The monoisotopic (exact) mass is 386 g/mol. The van der Waals surface area contributed by atoms with Crippen molar-refractivity contribution in [1.29, 1.82) is 0 Å². The van der Waals surface area contributed by atoms with Gasteiger partial charge in [-0.05, 0) is 49.4 Å². The summed E-state index contributed by atoms with van der Waals surface area (Å²) in [6.07, 6.45) is 6.96. The number of anilines is 1. The van der Waals surface area contributed by atoms with E-state index < -0.39 is 5.97 Å². The summed E-state index contributed by atoms with van der Waals surface area (Å²) in [4.78, 5) is 37.8. The molecule has 1 aromatic rings. The maximum absolute atomic E-state index is 12.6. The first-order chi connectivity index (χ1) is 13.4. The van der Waals surface area contributed by atoms with Crippen LogP contribution in [0, 0.1) is 17.8 Å². The largest absolute Gasteiger partial charge is 0.481 e. The molecule has 1 heterocycles. The SMILES string of the molecule is CC(CC1CCCC1)C(=O)Nc1ccc(C(=O)N2CCC(C(=O)O)CC2)cc1. The second-order valence-corrected chi connectivity index (χ2v) is 8.26. The number of likely N-dealkylation sites (tertiary alicyclic amines) is 1. The lowest BCUT2D eigenvalue weighted by Crippen LogP contribution is -2.40. The third-order valence-electron chi connectivity index (χ3n) is 6.14. The van der Waals surface area contributed by atoms with Crippen molar-refractivity contribution < 1.29 is 19.5 Å². The highest BCUT2D eigenvalue weighted by atomic mass is 16.4. The molecule has 28 heavy (non-hydrogen) atoms. The molecule has 152 valence electrons. The predicted octanol–water partition coefficient (Wildman–Crippen LogP) is 3.78. The molecule has 1 atom stereocenters. The Morgan fingerprint density at radius 1 is 1.07 bits per heavy atom. The first-order valence-corrected chi connectivity index (χ1v) is 10.4. The van der Waals surface area contributed by atoms with Crippen LogP contribution in [0.5, 0.6) is 0 Å². The number of carboxylic acids is 1. The number of hydrogen-bond donors (Lipinski definition) is 2. The minimum absolute atomic E-state index is 0.0139. The van der Waals surface area contributed by atoms with E-state index in [1.165, 1.54) is 25.7 Å². The van der Waals surface area contributed by atoms with Crippen LogP contribution >= 0.6 is 0 Å². The molecule has 6 heteroatoms. The lowest BCUT2D eigenvalue weighted by molar-refractivity contribution is -0.143. The minimum atomic E-state index is -0.783. The molecule has 0 spiro atoms. The Morgan fingerprint density at radius 2 is 1.68 bits per heavy atom. The van der Waals surface area contributed by atoms with Gasteiger partial charge in [-0.15, -0.1) is 0 Å². The molecule has 1 aliphatic heterocycles. The van der Waals surface area contributed by atoms with E-state index in [0.29, 0.717) is 43.1 Å². The van der Waals surface area contributed by atoms with Crippen LogP contribution in [0.4, 0.5) is 5.69 Å². The first kappa shape index (κ1) is 20.4. The summed E-state index contributed by atoms with van der Waals surface area (Å²) >= 11 is 0. The highest BCUT2D eigenvalue weighted by molar-refractivity contribution is 5.96. The molecule has 1 aliphatic carbocycles. The Kier molecular flexibility index (Phi) is 6.70. The van der Waals surface area contributed by atoms with Gasteiger partial charge in [0, 0.05) is 30.3 Å². The zero-order chi connectivity index (χ0) is 20.1. The highest BCUT2D eigenvalue weighted by Crippen LogP contribution is 2.30. The number of nitrogens with zero attached hydrogens (tertiary/aromatic N) is 1. The maximum atomic E-state index is 12.6. The molecule has 1 unspecified atom stereocenters. The topological polar surface area (TPSA) is 86.7 Å². The summed E-state index contributed by atoms with van der Waals surface area (Å²) in [6.45, 7) is 2.91. The van der Waals surface area contributed by atoms with Crippen molar-refractivity contribution in [1.82, 2.24) is 4.90 Å². The molecule has 3 rings (SSSR count). The van der Waals surface area contributed by atoms with Crippen LogP contribution in [0.1, 0.15) is 62.2 Å². The number of carbonyl (C=O) groups is 3. The van der Waals surface area contributed by atoms with E-state index in [1.807, 2.05) is 6.92 Å². The Bertz CT molecular complexity index is 702. The molecule has 1 aromatic carbocycles. The maximum Gasteiger partial charge on any atom is 0.306 e. The Labute approximate surface area is 166 Å². The lowest BCUT2D eigenvalue weighted by Gasteiger charge is -2.30. The van der Waals surface area contributed by atoms with Gasteiger partial charge >= 0.3 is 5.97 Å². The van der Waals surface area contributed by atoms with Crippen molar-refractivity contribution in [3.05, 3.63) is 29.8 Å². The number of benzene rings is 1. The second-order valence-electron chi connectivity index (χ2n) is 8.26. The third-order valence-corrected chi connectivity index (χ3v) is 6.14. The van der Waals surface area contributed by atoms with Crippen LogP contribution in [0.3, 0.4) is 0 Å². The second kappa shape index (κ2) is 9.22. The van der Waals surface area contributed by atoms with Crippen LogP contribution in [0.25, 0.3) is 0 Å². The smallest absolute Gasteiger partial charge is 0.306 e. The number of amides is 2. The summed E-state index contributed by atoms with van der Waals surface area (Å²) in [5, 5.41) is 12.0. The van der Waals surface area contributed by atoms with Crippen LogP contribution in [0.2, 0.25) is 0 Å². The Balaban J connectivity index is 1.50. The number of aliphatic carboxylic acids is 1. The van der Waals surface area contributed by atoms with E-state index in [0.717, 1.165) is 6.42 Å². The predicted molar refractivity (Wildman–Crippen MR) is 107 cm³/mol. The van der Waals surface area contributed by atoms with Gasteiger partial charge in [0.15, 0.2) is 0 Å². The van der Waals surface area contributed by atoms with Crippen LogP contribution in [-0.4, -0.2) is 40.9 Å². The molecule has 1 saturated carbocycles. The van der Waals surface area contributed by atoms with Gasteiger partial charge in [-0.2, -0.15) is 0 Å². The number of piperidine rings is 1. The van der Waals surface area contributed by atoms with E-state index in [4.69, 9.17) is 5.11 Å². The van der Waals surface area contributed by atoms with Crippen LogP contribution < -0.4 is 5.32 Å². The minimum Gasteiger partial charge on any atom is -0.481 e. The third kappa shape index (κ3) is 5.12. The molecule has 1 saturated heterocycles. The average Bonchev–Trinajstić information content (AvgIpc) is 3.21. The van der Waals surface area contributed by atoms with E-state index in [1.54, 1.807) is 29.2 Å². The van der Waals surface area contributed by atoms with E-state index in [-0.39, 0.29) is 23.7 Å². The van der Waals surface area contributed by atoms with Crippen molar-refractivity contribution in [3.63, 3.8) is 0 Å². The summed E-state index contributed by atoms with van der Waals surface area (Å²) < 4.78 is 0. The fraction of sp³-hybridized carbons (Fsp3) is 0.591. The number of carboxylic acid groups (broad SMARTS) is 1. The quantitative estimate of drug-likeness (QED) is 0.779. The summed E-state index contributed by atoms with van der Waals surface area (Å²) in [7, 11) is 0. The van der Waals surface area contributed by atoms with E-state index >= 15 is 0 Å². The van der Waals surface area contributed by atoms with Crippen LogP contribution in [-0.2, 0) is 9.59 Å². The molecule has 2 amide bonds. The number of nitrogens with one attached hydrogen (secondary N) is 1. The average molecular weight is 386 g/mol. The molecule has 2 N–H and O–H groups in total. The molecular formula is C22H30N2O4. The standard InChI is InChI=1S/C22H30N2O4/c1-15(14-16-4-2-3-5-16)20(25)23-19-8-6-17(7-9-19)21(26)24-12-10-18(11-13-24)22(27)28/h6-9,15-16,18H,2-5,10-14H2,1H3,(H,23,25)(H,27,28). The van der Waals surface area contributed by atoms with Gasteiger partial charge in [0.1, 0.15) is 0 Å². The lowest BCUT2D eigenvalue weighted by atomic mass is 9.94. The molecule has 6 nitrogen and oxygen atoms in total. The van der Waals surface area contributed by atoms with Gasteiger partial charge in [0.2, 0.25) is 5.91 Å². The van der Waals surface area contributed by atoms with Gasteiger partial charge in [-0.1, -0.05) is 32.6 Å². The van der Waals surface area contributed by atoms with Crippen molar-refractivity contribution in [2.75, 3.05) is 18.4 Å². The fourth-order valence-corrected chi connectivity index (χ4v) is 4.33. The molecule has 0 bridgehead atoms. The van der Waals surface area contributed by atoms with Crippen molar-refractivity contribution in [2.45, 2.75) is 51.9 Å². The normalized spacial score (nSPS) is 19.4. The Morgan fingerprint density at radius 3 is 2.25 bits per heavy atom. The molecule has 2 aliphatic rings. The van der Waals surface area contributed by atoms with Crippen LogP contribution in [0.15, 0.2) is 24.3 Å². The fourth-order valence-electron chi connectivity index (χ4n) is 4.33. The van der Waals surface area contributed by atoms with Gasteiger partial charge in [0.25, 0.3) is 5.91 Å². The van der Waals surface area contributed by atoms with Crippen molar-refractivity contribution >= 4 is 23.5 Å². The van der Waals surface area contributed by atoms with E-state index in [9.17, 15) is 14.4 Å². The summed E-state index contributed by atoms with van der Waals surface area (Å²) in [6, 6.07) is 6.97. The van der Waals surface area contributed by atoms with Gasteiger partial charge < -0.3 is 15.3 Å². The van der Waals surface area contributed by atoms with E-state index in [2.05, 4.69) is 5.32 Å². The molecule has 0 aromatic heterocycles. The summed E-state index contributed by atoms with van der Waals surface area (Å²) in [5.74, 6) is -0.536. The van der Waals surface area contributed by atoms with Crippen molar-refractivity contribution in [2.24, 2.45) is 17.8 Å². The van der Waals surface area contributed by atoms with Gasteiger partial charge in [0.05, 0.1) is 5.92 Å². The molecule has 2 fully saturated rings. The molecule has 0 radical (unpaired) electrons. The van der Waals surface area contributed by atoms with Gasteiger partial charge in [-0.25, -0.2) is 0 Å². The zero-order valence-electron chi connectivity index (χ0n) is 16.5. The number of hydrogen-bond acceptors (Lipinski definition) is 3. The Hall–Kier alpha value is -2.37.